The number of aromatic nitrogens is 3. The normalized spacial score (nSPS) is 11.6. The van der Waals surface area contributed by atoms with Gasteiger partial charge in [0.2, 0.25) is 0 Å². The van der Waals surface area contributed by atoms with Gasteiger partial charge in [-0.1, -0.05) is 38.1 Å². The van der Waals surface area contributed by atoms with Crippen LogP contribution in [0.4, 0.5) is 5.82 Å². The molecule has 0 aliphatic rings. The molecule has 0 aliphatic carbocycles. The quantitative estimate of drug-likeness (QED) is 0.570. The molecule has 0 amide bonds. The molecule has 0 saturated heterocycles. The fourth-order valence-electron chi connectivity index (χ4n) is 3.18. The molecule has 0 saturated carbocycles. The minimum atomic E-state index is 0.418. The van der Waals surface area contributed by atoms with Crippen LogP contribution in [0.2, 0.25) is 0 Å². The monoisotopic (exact) mass is 329 g/mol. The lowest BCUT2D eigenvalue weighted by molar-refractivity contribution is 0.526. The Hall–Kier alpha value is -3.13. The maximum atomic E-state index is 9.54. The first kappa shape index (κ1) is 15.4. The smallest absolute Gasteiger partial charge is 0.162 e. The summed E-state index contributed by atoms with van der Waals surface area (Å²) in [6.45, 7) is 5.07. The van der Waals surface area contributed by atoms with Gasteiger partial charge in [-0.3, -0.25) is 0 Å². The van der Waals surface area contributed by atoms with Crippen molar-refractivity contribution in [2.45, 2.75) is 26.8 Å². The summed E-state index contributed by atoms with van der Waals surface area (Å²) < 4.78 is 1.93. The van der Waals surface area contributed by atoms with Gasteiger partial charge in [-0.2, -0.15) is 5.26 Å². The number of nitrogen functional groups attached to an aromatic ring is 1. The lowest BCUT2D eigenvalue weighted by Gasteiger charge is -2.09. The molecule has 0 unspecified atom stereocenters. The largest absolute Gasteiger partial charge is 0.384 e. The summed E-state index contributed by atoms with van der Waals surface area (Å²) in [6.07, 6.45) is 0.969. The van der Waals surface area contributed by atoms with Crippen LogP contribution >= 0.6 is 0 Å². The van der Waals surface area contributed by atoms with E-state index in [1.54, 1.807) is 0 Å². The standard InChI is InChI=1S/C20H19N5/c1-12(2)7-8-25-19(22)15(11-21)18-20(25)24-17-10-14-6-4-3-5-13(14)9-16(17)23-18/h3-6,9-10,12H,7-8,22H2,1-2H3. The Balaban J connectivity index is 2.02. The third kappa shape index (κ3) is 2.47. The lowest BCUT2D eigenvalue weighted by Crippen LogP contribution is -2.06. The molecule has 5 heteroatoms. The third-order valence-electron chi connectivity index (χ3n) is 4.59. The second kappa shape index (κ2) is 5.75. The molecule has 5 nitrogen and oxygen atoms in total. The molecule has 2 heterocycles. The van der Waals surface area contributed by atoms with E-state index in [2.05, 4.69) is 26.0 Å². The second-order valence-corrected chi connectivity index (χ2v) is 6.79. The van der Waals surface area contributed by atoms with Gasteiger partial charge >= 0.3 is 0 Å². The highest BCUT2D eigenvalue weighted by atomic mass is 15.1. The average molecular weight is 329 g/mol. The molecule has 0 fully saturated rings. The number of fused-ring (bicyclic) bond motifs is 3. The van der Waals surface area contributed by atoms with E-state index in [1.807, 2.05) is 34.9 Å². The Kier molecular flexibility index (Phi) is 3.54. The third-order valence-corrected chi connectivity index (χ3v) is 4.59. The number of rotatable bonds is 3. The van der Waals surface area contributed by atoms with Crippen molar-refractivity contribution in [3.05, 3.63) is 42.0 Å². The van der Waals surface area contributed by atoms with Crippen LogP contribution in [-0.2, 0) is 6.54 Å². The summed E-state index contributed by atoms with van der Waals surface area (Å²) in [5.41, 5.74) is 9.53. The molecular weight excluding hydrogens is 310 g/mol. The lowest BCUT2D eigenvalue weighted by atomic mass is 10.1. The zero-order valence-electron chi connectivity index (χ0n) is 14.3. The summed E-state index contributed by atoms with van der Waals surface area (Å²) in [5, 5.41) is 11.8. The van der Waals surface area contributed by atoms with Crippen LogP contribution in [0.5, 0.6) is 0 Å². The SMILES string of the molecule is CC(C)CCn1c(N)c(C#N)c2nc3cc4ccccc4cc3nc21. The van der Waals surface area contributed by atoms with Crippen molar-refractivity contribution in [3.63, 3.8) is 0 Å². The van der Waals surface area contributed by atoms with Gasteiger partial charge in [0.1, 0.15) is 23.0 Å². The molecule has 0 atom stereocenters. The first-order chi connectivity index (χ1) is 12.1. The van der Waals surface area contributed by atoms with E-state index >= 15 is 0 Å². The Morgan fingerprint density at radius 2 is 1.76 bits per heavy atom. The van der Waals surface area contributed by atoms with E-state index in [1.165, 1.54) is 0 Å². The first-order valence-corrected chi connectivity index (χ1v) is 8.47. The highest BCUT2D eigenvalue weighted by Gasteiger charge is 2.18. The zero-order chi connectivity index (χ0) is 17.6. The minimum absolute atomic E-state index is 0.418. The first-order valence-electron chi connectivity index (χ1n) is 8.47. The summed E-state index contributed by atoms with van der Waals surface area (Å²) in [7, 11) is 0. The van der Waals surface area contributed by atoms with Gasteiger partial charge in [0.05, 0.1) is 11.0 Å². The number of anilines is 1. The Labute approximate surface area is 145 Å². The molecule has 0 bridgehead atoms. The summed E-state index contributed by atoms with van der Waals surface area (Å²) >= 11 is 0. The van der Waals surface area contributed by atoms with Crippen molar-refractivity contribution in [1.82, 2.24) is 14.5 Å². The van der Waals surface area contributed by atoms with E-state index in [0.717, 1.165) is 34.8 Å². The summed E-state index contributed by atoms with van der Waals surface area (Å²) in [6, 6.07) is 14.4. The molecule has 4 aromatic rings. The number of benzene rings is 2. The number of nitrogens with two attached hydrogens (primary N) is 1. The number of aryl methyl sites for hydroxylation is 1. The maximum Gasteiger partial charge on any atom is 0.162 e. The van der Waals surface area contributed by atoms with E-state index in [4.69, 9.17) is 15.7 Å². The van der Waals surface area contributed by atoms with Gasteiger partial charge in [0, 0.05) is 6.54 Å². The second-order valence-electron chi connectivity index (χ2n) is 6.79. The van der Waals surface area contributed by atoms with Crippen molar-refractivity contribution in [2.75, 3.05) is 5.73 Å². The number of hydrogen-bond acceptors (Lipinski definition) is 4. The molecule has 25 heavy (non-hydrogen) atoms. The number of nitriles is 1. The summed E-state index contributed by atoms with van der Waals surface area (Å²) in [4.78, 5) is 9.53. The molecule has 0 aliphatic heterocycles. The number of nitrogens with zero attached hydrogens (tertiary/aromatic N) is 4. The predicted molar refractivity (Wildman–Crippen MR) is 101 cm³/mol. The van der Waals surface area contributed by atoms with Crippen LogP contribution in [0, 0.1) is 17.2 Å². The molecule has 2 aromatic carbocycles. The van der Waals surface area contributed by atoms with Gasteiger partial charge in [0.25, 0.3) is 0 Å². The summed E-state index contributed by atoms with van der Waals surface area (Å²) in [5.74, 6) is 0.998. The topological polar surface area (TPSA) is 80.5 Å². The fraction of sp³-hybridized carbons (Fsp3) is 0.250. The van der Waals surface area contributed by atoms with Crippen LogP contribution in [0.15, 0.2) is 36.4 Å². The van der Waals surface area contributed by atoms with Crippen LogP contribution in [-0.4, -0.2) is 14.5 Å². The Morgan fingerprint density at radius 1 is 1.12 bits per heavy atom. The number of hydrogen-bond donors (Lipinski definition) is 1. The van der Waals surface area contributed by atoms with E-state index in [-0.39, 0.29) is 0 Å². The molecule has 4 rings (SSSR count). The molecule has 0 spiro atoms. The highest BCUT2D eigenvalue weighted by molar-refractivity contribution is 5.99. The van der Waals surface area contributed by atoms with Crippen LogP contribution in [0.3, 0.4) is 0 Å². The molecular formula is C20H19N5. The van der Waals surface area contributed by atoms with E-state index in [9.17, 15) is 5.26 Å². The van der Waals surface area contributed by atoms with E-state index < -0.39 is 0 Å². The maximum absolute atomic E-state index is 9.54. The van der Waals surface area contributed by atoms with Crippen molar-refractivity contribution < 1.29 is 0 Å². The van der Waals surface area contributed by atoms with Crippen molar-refractivity contribution in [2.24, 2.45) is 5.92 Å². The molecule has 0 radical (unpaired) electrons. The molecule has 2 aromatic heterocycles. The van der Waals surface area contributed by atoms with Crippen LogP contribution < -0.4 is 5.73 Å². The van der Waals surface area contributed by atoms with Gasteiger partial charge in [-0.05, 0) is 35.2 Å². The van der Waals surface area contributed by atoms with Gasteiger partial charge in [-0.25, -0.2) is 9.97 Å². The average Bonchev–Trinajstić information content (AvgIpc) is 2.86. The zero-order valence-corrected chi connectivity index (χ0v) is 14.3. The fourth-order valence-corrected chi connectivity index (χ4v) is 3.18. The van der Waals surface area contributed by atoms with E-state index in [0.29, 0.717) is 28.5 Å². The van der Waals surface area contributed by atoms with Gasteiger partial charge < -0.3 is 10.3 Å². The highest BCUT2D eigenvalue weighted by Crippen LogP contribution is 2.29. The molecule has 2 N–H and O–H groups in total. The van der Waals surface area contributed by atoms with Gasteiger partial charge in [-0.15, -0.1) is 0 Å². The molecule has 124 valence electrons. The van der Waals surface area contributed by atoms with Gasteiger partial charge in [0.15, 0.2) is 5.65 Å². The predicted octanol–water partition coefficient (Wildman–Crippen LogP) is 4.24. The van der Waals surface area contributed by atoms with Crippen molar-refractivity contribution >= 4 is 38.8 Å². The Bertz CT molecular complexity index is 1150. The van der Waals surface area contributed by atoms with Crippen LogP contribution in [0.25, 0.3) is 33.0 Å². The minimum Gasteiger partial charge on any atom is -0.384 e. The van der Waals surface area contributed by atoms with Crippen molar-refractivity contribution in [3.8, 4) is 6.07 Å². The Morgan fingerprint density at radius 3 is 2.36 bits per heavy atom. The van der Waals surface area contributed by atoms with Crippen molar-refractivity contribution in [1.29, 1.82) is 5.26 Å². The van der Waals surface area contributed by atoms with Crippen LogP contribution in [0.1, 0.15) is 25.8 Å².